The lowest BCUT2D eigenvalue weighted by molar-refractivity contribution is -0.139. The molecule has 0 radical (unpaired) electrons. The molecule has 1 aromatic carbocycles. The van der Waals surface area contributed by atoms with E-state index in [0.717, 1.165) is 18.5 Å². The zero-order valence-electron chi connectivity index (χ0n) is 20.7. The van der Waals surface area contributed by atoms with E-state index in [1.54, 1.807) is 24.1 Å². The zero-order chi connectivity index (χ0) is 25.5. The summed E-state index contributed by atoms with van der Waals surface area (Å²) in [5.41, 5.74) is 1.08. The molecule has 3 aliphatic rings. The number of nitrogens with one attached hydrogen (secondary N) is 1. The Morgan fingerprint density at radius 3 is 2.49 bits per heavy atom. The van der Waals surface area contributed by atoms with Gasteiger partial charge in [-0.15, -0.1) is 0 Å². The molecule has 3 aliphatic heterocycles. The number of nitrogens with zero attached hydrogens (tertiary/aromatic N) is 3. The van der Waals surface area contributed by atoms with Crippen molar-refractivity contribution in [2.45, 2.75) is 64.3 Å². The van der Waals surface area contributed by atoms with Crippen molar-refractivity contribution < 1.29 is 29.0 Å². The highest BCUT2D eigenvalue weighted by molar-refractivity contribution is 6.08. The van der Waals surface area contributed by atoms with E-state index in [0.29, 0.717) is 36.7 Å². The molecule has 0 bridgehead atoms. The molecule has 2 saturated heterocycles. The van der Waals surface area contributed by atoms with Gasteiger partial charge in [0.15, 0.2) is 6.23 Å². The Kier molecular flexibility index (Phi) is 6.77. The summed E-state index contributed by atoms with van der Waals surface area (Å²) < 4.78 is 5.44. The predicted molar refractivity (Wildman–Crippen MR) is 128 cm³/mol. The van der Waals surface area contributed by atoms with Gasteiger partial charge in [-0.3, -0.25) is 24.6 Å². The van der Waals surface area contributed by atoms with Crippen molar-refractivity contribution in [3.8, 4) is 0 Å². The molecule has 0 aromatic heterocycles. The first-order valence-corrected chi connectivity index (χ1v) is 12.1. The molecule has 10 nitrogen and oxygen atoms in total. The van der Waals surface area contributed by atoms with Crippen LogP contribution in [0.15, 0.2) is 18.2 Å². The molecule has 1 aromatic rings. The zero-order valence-corrected chi connectivity index (χ0v) is 20.7. The second kappa shape index (κ2) is 9.49. The fraction of sp³-hybridized carbons (Fsp3) is 0.600. The van der Waals surface area contributed by atoms with E-state index < -0.39 is 29.7 Å². The number of hydrogen-bond donors (Lipinski definition) is 2. The van der Waals surface area contributed by atoms with Crippen LogP contribution in [-0.2, 0) is 14.3 Å². The normalized spacial score (nSPS) is 23.3. The third-order valence-electron chi connectivity index (χ3n) is 6.80. The number of aliphatic hydroxyl groups is 1. The van der Waals surface area contributed by atoms with Gasteiger partial charge in [-0.05, 0) is 52.0 Å². The Bertz CT molecular complexity index is 1030. The molecule has 190 valence electrons. The van der Waals surface area contributed by atoms with Crippen molar-refractivity contribution in [2.24, 2.45) is 5.92 Å². The molecule has 0 spiro atoms. The minimum absolute atomic E-state index is 0.126. The standard InChI is InChI=1S/C25H34N4O6/c1-25(2,3)35-24(34)27(4)14-15-10-12-28(13-11-15)17-7-5-6-16-20(17)23(33)29(22(16)32)18-8-9-19(30)26-21(18)31/h5-7,15,18,22,32H,8-14H2,1-4H3,(H,26,30,31). The van der Waals surface area contributed by atoms with Gasteiger partial charge < -0.3 is 19.6 Å². The third-order valence-corrected chi connectivity index (χ3v) is 6.80. The van der Waals surface area contributed by atoms with Crippen LogP contribution in [0.3, 0.4) is 0 Å². The van der Waals surface area contributed by atoms with Crippen LogP contribution in [-0.4, -0.2) is 77.0 Å². The maximum atomic E-state index is 13.4. The number of fused-ring (bicyclic) bond motifs is 1. The lowest BCUT2D eigenvalue weighted by Gasteiger charge is -2.36. The predicted octanol–water partition coefficient (Wildman–Crippen LogP) is 2.02. The maximum Gasteiger partial charge on any atom is 0.410 e. The number of carbonyl (C=O) groups is 4. The molecule has 2 atom stereocenters. The van der Waals surface area contributed by atoms with Gasteiger partial charge in [0.1, 0.15) is 11.6 Å². The van der Waals surface area contributed by atoms with E-state index >= 15 is 0 Å². The highest BCUT2D eigenvalue weighted by Crippen LogP contribution is 2.40. The van der Waals surface area contributed by atoms with Gasteiger partial charge in [0.25, 0.3) is 5.91 Å². The first-order chi connectivity index (χ1) is 16.5. The van der Waals surface area contributed by atoms with Gasteiger partial charge >= 0.3 is 6.09 Å². The fourth-order valence-electron chi connectivity index (χ4n) is 5.08. The van der Waals surface area contributed by atoms with Crippen LogP contribution in [0.25, 0.3) is 0 Å². The number of hydrogen-bond acceptors (Lipinski definition) is 7. The molecule has 10 heteroatoms. The highest BCUT2D eigenvalue weighted by Gasteiger charge is 2.46. The van der Waals surface area contributed by atoms with E-state index in [1.807, 2.05) is 26.8 Å². The summed E-state index contributed by atoms with van der Waals surface area (Å²) in [4.78, 5) is 54.6. The molecular weight excluding hydrogens is 452 g/mol. The largest absolute Gasteiger partial charge is 0.444 e. The van der Waals surface area contributed by atoms with E-state index in [4.69, 9.17) is 4.74 Å². The Labute approximate surface area is 205 Å². The number of aliphatic hydroxyl groups excluding tert-OH is 1. The molecule has 3 heterocycles. The maximum absolute atomic E-state index is 13.4. The van der Waals surface area contributed by atoms with Crippen LogP contribution >= 0.6 is 0 Å². The number of carbonyl (C=O) groups excluding carboxylic acids is 4. The molecule has 2 fully saturated rings. The summed E-state index contributed by atoms with van der Waals surface area (Å²) in [5, 5.41) is 13.2. The minimum Gasteiger partial charge on any atom is -0.444 e. The van der Waals surface area contributed by atoms with Crippen LogP contribution in [0.2, 0.25) is 0 Å². The average Bonchev–Trinajstić information content (AvgIpc) is 3.04. The molecule has 2 N–H and O–H groups in total. The molecule has 4 amide bonds. The van der Waals surface area contributed by atoms with E-state index in [1.165, 1.54) is 4.90 Å². The second-order valence-corrected chi connectivity index (χ2v) is 10.6. The first kappa shape index (κ1) is 25.0. The van der Waals surface area contributed by atoms with Crippen molar-refractivity contribution in [2.75, 3.05) is 31.6 Å². The molecule has 2 unspecified atom stereocenters. The third kappa shape index (κ3) is 5.12. The van der Waals surface area contributed by atoms with E-state index in [9.17, 15) is 24.3 Å². The molecular formula is C25H34N4O6. The van der Waals surface area contributed by atoms with Crippen LogP contribution in [0.4, 0.5) is 10.5 Å². The summed E-state index contributed by atoms with van der Waals surface area (Å²) in [5.74, 6) is -1.02. The smallest absolute Gasteiger partial charge is 0.410 e. The number of ether oxygens (including phenoxy) is 1. The fourth-order valence-corrected chi connectivity index (χ4v) is 5.08. The Morgan fingerprint density at radius 1 is 1.17 bits per heavy atom. The number of anilines is 1. The molecule has 35 heavy (non-hydrogen) atoms. The quantitative estimate of drug-likeness (QED) is 0.625. The Hall–Kier alpha value is -3.14. The number of piperidine rings is 2. The van der Waals surface area contributed by atoms with Gasteiger partial charge in [-0.25, -0.2) is 4.79 Å². The lowest BCUT2D eigenvalue weighted by Crippen LogP contribution is -2.53. The molecule has 0 aliphatic carbocycles. The summed E-state index contributed by atoms with van der Waals surface area (Å²) in [6.07, 6.45) is 0.416. The van der Waals surface area contributed by atoms with Crippen molar-refractivity contribution in [1.82, 2.24) is 15.1 Å². The molecule has 4 rings (SSSR count). The summed E-state index contributed by atoms with van der Waals surface area (Å²) in [7, 11) is 1.74. The summed E-state index contributed by atoms with van der Waals surface area (Å²) in [6.45, 7) is 7.52. The monoisotopic (exact) mass is 486 g/mol. The summed E-state index contributed by atoms with van der Waals surface area (Å²) >= 11 is 0. The van der Waals surface area contributed by atoms with Gasteiger partial charge in [-0.2, -0.15) is 0 Å². The molecule has 0 saturated carbocycles. The van der Waals surface area contributed by atoms with Gasteiger partial charge in [0.05, 0.1) is 5.56 Å². The Morgan fingerprint density at radius 2 is 1.86 bits per heavy atom. The Balaban J connectivity index is 1.43. The average molecular weight is 487 g/mol. The van der Waals surface area contributed by atoms with Crippen LogP contribution < -0.4 is 10.2 Å². The van der Waals surface area contributed by atoms with E-state index in [2.05, 4.69) is 10.2 Å². The van der Waals surface area contributed by atoms with Crippen molar-refractivity contribution in [3.63, 3.8) is 0 Å². The van der Waals surface area contributed by atoms with Gasteiger partial charge in [0.2, 0.25) is 11.8 Å². The first-order valence-electron chi connectivity index (χ1n) is 12.1. The van der Waals surface area contributed by atoms with E-state index in [-0.39, 0.29) is 24.8 Å². The number of benzene rings is 1. The van der Waals surface area contributed by atoms with Gasteiger partial charge in [-0.1, -0.05) is 12.1 Å². The SMILES string of the molecule is CN(CC1CCN(c2cccc3c2C(=O)N(C2CCC(=O)NC2=O)C3O)CC1)C(=O)OC(C)(C)C. The number of amides is 4. The lowest BCUT2D eigenvalue weighted by atomic mass is 9.95. The minimum atomic E-state index is -1.23. The van der Waals surface area contributed by atoms with Crippen molar-refractivity contribution in [3.05, 3.63) is 29.3 Å². The number of imide groups is 1. The van der Waals surface area contributed by atoms with Crippen LogP contribution in [0.5, 0.6) is 0 Å². The number of rotatable bonds is 4. The van der Waals surface area contributed by atoms with Gasteiger partial charge in [0, 0.05) is 44.4 Å². The van der Waals surface area contributed by atoms with Crippen LogP contribution in [0, 0.1) is 5.92 Å². The van der Waals surface area contributed by atoms with Crippen LogP contribution in [0.1, 0.15) is 68.6 Å². The summed E-state index contributed by atoms with van der Waals surface area (Å²) in [6, 6.07) is 4.49. The second-order valence-electron chi connectivity index (χ2n) is 10.6. The van der Waals surface area contributed by atoms with Crippen molar-refractivity contribution in [1.29, 1.82) is 0 Å². The topological polar surface area (TPSA) is 119 Å². The van der Waals surface area contributed by atoms with Crippen molar-refractivity contribution >= 4 is 29.5 Å². The highest BCUT2D eigenvalue weighted by atomic mass is 16.6.